The third-order valence-corrected chi connectivity index (χ3v) is 6.61. The van der Waals surface area contributed by atoms with E-state index in [-0.39, 0.29) is 18.0 Å². The first kappa shape index (κ1) is 20.4. The molecule has 28 heavy (non-hydrogen) atoms. The third-order valence-electron chi connectivity index (χ3n) is 6.61. The van der Waals surface area contributed by atoms with Crippen LogP contribution in [-0.2, 0) is 14.2 Å². The van der Waals surface area contributed by atoms with Crippen LogP contribution in [0.2, 0.25) is 0 Å². The smallest absolute Gasteiger partial charge is 0.410 e. The number of amides is 1. The van der Waals surface area contributed by atoms with Crippen LogP contribution in [0.15, 0.2) is 0 Å². The minimum atomic E-state index is -0.412. The van der Waals surface area contributed by atoms with Gasteiger partial charge in [-0.1, -0.05) is 0 Å². The number of likely N-dealkylation sites (tertiary alicyclic amines) is 2. The SMILES string of the molecule is CC(C)(C)OC(=O)N1CC([C@H]2CCCN(CC3(OC4CCCCO4)CC3)C2)C1. The fourth-order valence-electron chi connectivity index (χ4n) is 4.85. The average molecular weight is 395 g/mol. The molecular weight excluding hydrogens is 356 g/mol. The van der Waals surface area contributed by atoms with Gasteiger partial charge in [-0.25, -0.2) is 4.79 Å². The quantitative estimate of drug-likeness (QED) is 0.713. The zero-order valence-electron chi connectivity index (χ0n) is 18.0. The van der Waals surface area contributed by atoms with Gasteiger partial charge in [-0.3, -0.25) is 0 Å². The van der Waals surface area contributed by atoms with Crippen LogP contribution in [0.1, 0.15) is 65.7 Å². The van der Waals surface area contributed by atoms with Gasteiger partial charge in [0, 0.05) is 32.8 Å². The molecule has 4 aliphatic rings. The molecule has 6 nitrogen and oxygen atoms in total. The summed E-state index contributed by atoms with van der Waals surface area (Å²) >= 11 is 0. The van der Waals surface area contributed by atoms with Gasteiger partial charge < -0.3 is 24.0 Å². The largest absolute Gasteiger partial charge is 0.444 e. The Labute approximate surface area is 169 Å². The molecule has 3 heterocycles. The maximum Gasteiger partial charge on any atom is 0.410 e. The van der Waals surface area contributed by atoms with E-state index in [2.05, 4.69) is 4.90 Å². The number of ether oxygens (including phenoxy) is 3. The molecule has 4 rings (SSSR count). The van der Waals surface area contributed by atoms with Crippen molar-refractivity contribution in [1.82, 2.24) is 9.80 Å². The van der Waals surface area contributed by atoms with Crippen molar-refractivity contribution in [3.63, 3.8) is 0 Å². The Bertz CT molecular complexity index is 545. The Hall–Kier alpha value is -0.850. The minimum Gasteiger partial charge on any atom is -0.444 e. The molecule has 0 spiro atoms. The van der Waals surface area contributed by atoms with E-state index in [1.165, 1.54) is 45.1 Å². The van der Waals surface area contributed by atoms with Gasteiger partial charge in [-0.15, -0.1) is 0 Å². The highest BCUT2D eigenvalue weighted by Crippen LogP contribution is 2.43. The first-order chi connectivity index (χ1) is 13.3. The number of rotatable bonds is 5. The highest BCUT2D eigenvalue weighted by molar-refractivity contribution is 5.69. The van der Waals surface area contributed by atoms with E-state index in [1.807, 2.05) is 25.7 Å². The Morgan fingerprint density at radius 2 is 1.86 bits per heavy atom. The fraction of sp³-hybridized carbons (Fsp3) is 0.955. The first-order valence-corrected chi connectivity index (χ1v) is 11.3. The van der Waals surface area contributed by atoms with Crippen LogP contribution in [0.25, 0.3) is 0 Å². The summed E-state index contributed by atoms with van der Waals surface area (Å²) < 4.78 is 17.7. The van der Waals surface area contributed by atoms with Crippen LogP contribution in [0.4, 0.5) is 4.79 Å². The van der Waals surface area contributed by atoms with Crippen molar-refractivity contribution in [3.05, 3.63) is 0 Å². The number of carbonyl (C=O) groups is 1. The van der Waals surface area contributed by atoms with Gasteiger partial charge in [0.05, 0.1) is 5.60 Å². The molecule has 1 saturated carbocycles. The molecule has 1 aliphatic carbocycles. The third kappa shape index (κ3) is 5.19. The Morgan fingerprint density at radius 3 is 2.50 bits per heavy atom. The van der Waals surface area contributed by atoms with E-state index in [0.29, 0.717) is 11.8 Å². The molecule has 0 aromatic heterocycles. The fourth-order valence-corrected chi connectivity index (χ4v) is 4.85. The van der Waals surface area contributed by atoms with Crippen LogP contribution < -0.4 is 0 Å². The van der Waals surface area contributed by atoms with Crippen LogP contribution in [0, 0.1) is 11.8 Å². The maximum absolute atomic E-state index is 12.2. The monoisotopic (exact) mass is 394 g/mol. The summed E-state index contributed by atoms with van der Waals surface area (Å²) in [7, 11) is 0. The Kier molecular flexibility index (Phi) is 5.92. The van der Waals surface area contributed by atoms with Crippen molar-refractivity contribution in [2.24, 2.45) is 11.8 Å². The summed E-state index contributed by atoms with van der Waals surface area (Å²) in [5.74, 6) is 1.31. The molecule has 0 radical (unpaired) electrons. The minimum absolute atomic E-state index is 0.0193. The van der Waals surface area contributed by atoms with E-state index in [1.54, 1.807) is 0 Å². The number of hydrogen-bond acceptors (Lipinski definition) is 5. The first-order valence-electron chi connectivity index (χ1n) is 11.3. The lowest BCUT2D eigenvalue weighted by molar-refractivity contribution is -0.201. The van der Waals surface area contributed by atoms with Gasteiger partial charge in [0.15, 0.2) is 6.29 Å². The van der Waals surface area contributed by atoms with Crippen LogP contribution in [0.3, 0.4) is 0 Å². The summed E-state index contributed by atoms with van der Waals surface area (Å²) in [4.78, 5) is 16.7. The number of piperidine rings is 1. The molecule has 3 aliphatic heterocycles. The molecule has 0 N–H and O–H groups in total. The van der Waals surface area contributed by atoms with Crippen molar-refractivity contribution >= 4 is 6.09 Å². The van der Waals surface area contributed by atoms with Crippen LogP contribution in [0.5, 0.6) is 0 Å². The molecule has 2 atom stereocenters. The lowest BCUT2D eigenvalue weighted by Gasteiger charge is -2.47. The van der Waals surface area contributed by atoms with Gasteiger partial charge in [0.25, 0.3) is 0 Å². The van der Waals surface area contributed by atoms with Crippen molar-refractivity contribution in [2.45, 2.75) is 83.2 Å². The highest BCUT2D eigenvalue weighted by Gasteiger charge is 2.48. The molecular formula is C22H38N2O4. The summed E-state index contributed by atoms with van der Waals surface area (Å²) in [5, 5.41) is 0. The zero-order chi connectivity index (χ0) is 19.8. The van der Waals surface area contributed by atoms with E-state index >= 15 is 0 Å². The number of hydrogen-bond donors (Lipinski definition) is 0. The van der Waals surface area contributed by atoms with Crippen molar-refractivity contribution in [2.75, 3.05) is 39.3 Å². The molecule has 4 fully saturated rings. The normalized spacial score (nSPS) is 31.3. The van der Waals surface area contributed by atoms with Gasteiger partial charge >= 0.3 is 6.09 Å². The number of nitrogens with zero attached hydrogens (tertiary/aromatic N) is 2. The van der Waals surface area contributed by atoms with E-state index in [0.717, 1.165) is 39.2 Å². The van der Waals surface area contributed by atoms with Gasteiger partial charge in [-0.2, -0.15) is 0 Å². The maximum atomic E-state index is 12.2. The van der Waals surface area contributed by atoms with Crippen molar-refractivity contribution in [3.8, 4) is 0 Å². The summed E-state index contributed by atoms with van der Waals surface area (Å²) in [6.45, 7) is 11.7. The average Bonchev–Trinajstić information content (AvgIpc) is 3.32. The zero-order valence-corrected chi connectivity index (χ0v) is 18.0. The second-order valence-electron chi connectivity index (χ2n) is 10.4. The summed E-state index contributed by atoms with van der Waals surface area (Å²) in [6, 6.07) is 0. The van der Waals surface area contributed by atoms with Crippen LogP contribution in [-0.4, -0.2) is 72.7 Å². The van der Waals surface area contributed by atoms with E-state index in [9.17, 15) is 4.79 Å². The Balaban J connectivity index is 1.21. The number of carbonyl (C=O) groups excluding carboxylic acids is 1. The predicted octanol–water partition coefficient (Wildman–Crippen LogP) is 3.64. The standard InChI is InChI=1S/C22H38N2O4/c1-21(2,3)28-20(25)24-14-18(15-24)17-7-6-11-23(13-17)16-22(9-10-22)27-19-8-4-5-12-26-19/h17-19H,4-16H2,1-3H3/t17-,19?/m0/s1. The lowest BCUT2D eigenvalue weighted by atomic mass is 9.80. The molecule has 0 aromatic rings. The molecule has 6 heteroatoms. The summed E-state index contributed by atoms with van der Waals surface area (Å²) in [5.41, 5.74) is -0.365. The van der Waals surface area contributed by atoms with E-state index in [4.69, 9.17) is 14.2 Å². The Morgan fingerprint density at radius 1 is 1.07 bits per heavy atom. The second-order valence-corrected chi connectivity index (χ2v) is 10.4. The molecule has 160 valence electrons. The molecule has 3 saturated heterocycles. The molecule has 0 bridgehead atoms. The van der Waals surface area contributed by atoms with Crippen molar-refractivity contribution < 1.29 is 19.0 Å². The van der Waals surface area contributed by atoms with Gasteiger partial charge in [0.1, 0.15) is 5.60 Å². The van der Waals surface area contributed by atoms with Crippen molar-refractivity contribution in [1.29, 1.82) is 0 Å². The topological polar surface area (TPSA) is 51.2 Å². The molecule has 0 aromatic carbocycles. The van der Waals surface area contributed by atoms with Gasteiger partial charge in [-0.05, 0) is 84.1 Å². The lowest BCUT2D eigenvalue weighted by Crippen LogP contribution is -2.56. The summed E-state index contributed by atoms with van der Waals surface area (Å²) in [6.07, 6.45) is 8.18. The van der Waals surface area contributed by atoms with Crippen LogP contribution >= 0.6 is 0 Å². The molecule has 1 amide bonds. The van der Waals surface area contributed by atoms with E-state index < -0.39 is 5.60 Å². The predicted molar refractivity (Wildman–Crippen MR) is 107 cm³/mol. The highest BCUT2D eigenvalue weighted by atomic mass is 16.7. The molecule has 1 unspecified atom stereocenters. The van der Waals surface area contributed by atoms with Gasteiger partial charge in [0.2, 0.25) is 0 Å². The second kappa shape index (κ2) is 8.11.